The fraction of sp³-hybridized carbons (Fsp3) is 0.222. The summed E-state index contributed by atoms with van der Waals surface area (Å²) in [5.74, 6) is 1.15. The van der Waals surface area contributed by atoms with Gasteiger partial charge in [-0.05, 0) is 53.7 Å². The largest absolute Gasteiger partial charge is 0.508 e. The van der Waals surface area contributed by atoms with Crippen LogP contribution < -0.4 is 5.32 Å². The number of hydrogen-bond acceptors (Lipinski definition) is 7. The highest BCUT2D eigenvalue weighted by molar-refractivity contribution is 7.99. The third kappa shape index (κ3) is 5.73. The molecule has 0 spiro atoms. The maximum absolute atomic E-state index is 12.0. The van der Waals surface area contributed by atoms with E-state index in [2.05, 4.69) is 52.0 Å². The minimum absolute atomic E-state index is 0.0650. The molecule has 0 bridgehead atoms. The fourth-order valence-electron chi connectivity index (χ4n) is 2.20. The van der Waals surface area contributed by atoms with Gasteiger partial charge in [0.15, 0.2) is 0 Å². The molecule has 0 aliphatic heterocycles. The number of nitrogens with zero attached hydrogens (tertiary/aromatic N) is 4. The second kappa shape index (κ2) is 9.43. The van der Waals surface area contributed by atoms with E-state index in [-0.39, 0.29) is 17.4 Å². The average Bonchev–Trinajstić information content (AvgIpc) is 3.14. The van der Waals surface area contributed by atoms with Crippen LogP contribution in [0.3, 0.4) is 0 Å². The summed E-state index contributed by atoms with van der Waals surface area (Å²) in [6.45, 7) is 2.66. The average molecular weight is 402 g/mol. The molecule has 0 fully saturated rings. The molecule has 0 saturated heterocycles. The van der Waals surface area contributed by atoms with Crippen molar-refractivity contribution in [1.29, 1.82) is 0 Å². The Bertz CT molecular complexity index is 882. The lowest BCUT2D eigenvalue weighted by atomic mass is 10.2. The number of nitrogens with one attached hydrogen (secondary N) is 1. The van der Waals surface area contributed by atoms with E-state index in [1.807, 2.05) is 0 Å². The number of aromatic nitrogens is 4. The highest BCUT2D eigenvalue weighted by atomic mass is 32.2. The van der Waals surface area contributed by atoms with Crippen molar-refractivity contribution in [2.75, 3.05) is 18.1 Å². The van der Waals surface area contributed by atoms with Gasteiger partial charge in [-0.15, -0.1) is 16.9 Å². The predicted molar refractivity (Wildman–Crippen MR) is 106 cm³/mol. The molecule has 3 rings (SSSR count). The van der Waals surface area contributed by atoms with E-state index in [9.17, 15) is 9.90 Å². The van der Waals surface area contributed by atoms with E-state index in [4.69, 9.17) is 0 Å². The minimum atomic E-state index is -0.0650. The van der Waals surface area contributed by atoms with E-state index in [0.29, 0.717) is 11.7 Å². The molecule has 0 radical (unpaired) electrons. The molecule has 1 aromatic heterocycles. The number of thioether (sulfide) groups is 2. The molecular formula is C18H19N5O2S2. The third-order valence-corrected chi connectivity index (χ3v) is 5.51. The highest BCUT2D eigenvalue weighted by Gasteiger charge is 2.11. The molecule has 0 aliphatic rings. The Morgan fingerprint density at radius 2 is 1.85 bits per heavy atom. The van der Waals surface area contributed by atoms with E-state index in [0.717, 1.165) is 11.4 Å². The van der Waals surface area contributed by atoms with Crippen molar-refractivity contribution in [1.82, 2.24) is 25.5 Å². The zero-order valence-corrected chi connectivity index (χ0v) is 16.3. The van der Waals surface area contributed by atoms with Gasteiger partial charge < -0.3 is 10.4 Å². The van der Waals surface area contributed by atoms with Gasteiger partial charge in [0.25, 0.3) is 0 Å². The molecule has 0 aliphatic carbocycles. The van der Waals surface area contributed by atoms with Crippen molar-refractivity contribution in [3.63, 3.8) is 0 Å². The molecule has 1 heterocycles. The second-order valence-corrected chi connectivity index (χ2v) is 7.80. The third-order valence-electron chi connectivity index (χ3n) is 3.58. The van der Waals surface area contributed by atoms with Crippen molar-refractivity contribution in [2.45, 2.75) is 17.0 Å². The second-order valence-electron chi connectivity index (χ2n) is 5.69. The molecule has 140 valence electrons. The van der Waals surface area contributed by atoms with Crippen LogP contribution in [0.4, 0.5) is 0 Å². The summed E-state index contributed by atoms with van der Waals surface area (Å²) in [5.41, 5.74) is 1.95. The number of benzene rings is 2. The van der Waals surface area contributed by atoms with Crippen LogP contribution in [0.15, 0.2) is 58.6 Å². The topological polar surface area (TPSA) is 92.9 Å². The van der Waals surface area contributed by atoms with Crippen LogP contribution >= 0.6 is 23.5 Å². The van der Waals surface area contributed by atoms with Gasteiger partial charge in [-0.2, -0.15) is 4.68 Å². The van der Waals surface area contributed by atoms with Crippen LogP contribution in [0, 0.1) is 6.92 Å². The molecule has 2 aromatic carbocycles. The Balaban J connectivity index is 1.42. The Morgan fingerprint density at radius 1 is 1.11 bits per heavy atom. The standard InChI is InChI=1S/C18H19N5O2S2/c1-13-2-8-16(9-3-13)26-11-10-19-17(25)12-27-18-20-21-22-23(18)14-4-6-15(24)7-5-14/h2-9,24H,10-12H2,1H3,(H,19,25). The highest BCUT2D eigenvalue weighted by Crippen LogP contribution is 2.20. The number of rotatable bonds is 8. The number of hydrogen-bond donors (Lipinski definition) is 2. The normalized spacial score (nSPS) is 10.7. The fourth-order valence-corrected chi connectivity index (χ4v) is 3.69. The summed E-state index contributed by atoms with van der Waals surface area (Å²) in [5, 5.41) is 24.3. The molecule has 7 nitrogen and oxygen atoms in total. The first kappa shape index (κ1) is 19.2. The molecule has 0 saturated carbocycles. The van der Waals surface area contributed by atoms with E-state index >= 15 is 0 Å². The SMILES string of the molecule is Cc1ccc(SCCNC(=O)CSc2nnnn2-c2ccc(O)cc2)cc1. The lowest BCUT2D eigenvalue weighted by molar-refractivity contribution is -0.118. The number of aromatic hydroxyl groups is 1. The van der Waals surface area contributed by atoms with Gasteiger partial charge in [0.1, 0.15) is 5.75 Å². The number of amides is 1. The van der Waals surface area contributed by atoms with E-state index < -0.39 is 0 Å². The molecule has 2 N–H and O–H groups in total. The first-order chi connectivity index (χ1) is 13.1. The molecule has 0 atom stereocenters. The van der Waals surface area contributed by atoms with Crippen LogP contribution in [0.1, 0.15) is 5.56 Å². The monoisotopic (exact) mass is 401 g/mol. The van der Waals surface area contributed by atoms with Crippen molar-refractivity contribution in [2.24, 2.45) is 0 Å². The number of aryl methyl sites for hydroxylation is 1. The summed E-state index contributed by atoms with van der Waals surface area (Å²) >= 11 is 2.97. The number of phenols is 1. The van der Waals surface area contributed by atoms with Gasteiger partial charge in [-0.3, -0.25) is 4.79 Å². The minimum Gasteiger partial charge on any atom is -0.508 e. The Hall–Kier alpha value is -2.52. The molecule has 3 aromatic rings. The smallest absolute Gasteiger partial charge is 0.230 e. The van der Waals surface area contributed by atoms with Gasteiger partial charge in [0, 0.05) is 17.2 Å². The number of phenolic OH excluding ortho intramolecular Hbond substituents is 1. The molecule has 27 heavy (non-hydrogen) atoms. The predicted octanol–water partition coefficient (Wildman–Crippen LogP) is 2.68. The van der Waals surface area contributed by atoms with Gasteiger partial charge >= 0.3 is 0 Å². The summed E-state index contributed by atoms with van der Waals surface area (Å²) in [4.78, 5) is 13.2. The number of carbonyl (C=O) groups is 1. The summed E-state index contributed by atoms with van der Waals surface area (Å²) < 4.78 is 1.53. The summed E-state index contributed by atoms with van der Waals surface area (Å²) in [6.07, 6.45) is 0. The molecule has 0 unspecified atom stereocenters. The maximum Gasteiger partial charge on any atom is 0.230 e. The van der Waals surface area contributed by atoms with Crippen LogP contribution in [-0.4, -0.2) is 49.3 Å². The maximum atomic E-state index is 12.0. The first-order valence-corrected chi connectivity index (χ1v) is 10.3. The van der Waals surface area contributed by atoms with E-state index in [1.165, 1.54) is 26.9 Å². The van der Waals surface area contributed by atoms with Crippen LogP contribution in [0.5, 0.6) is 5.75 Å². The summed E-state index contributed by atoms with van der Waals surface area (Å²) in [6, 6.07) is 14.9. The Morgan fingerprint density at radius 3 is 2.59 bits per heavy atom. The van der Waals surface area contributed by atoms with Crippen LogP contribution in [0.2, 0.25) is 0 Å². The van der Waals surface area contributed by atoms with Crippen LogP contribution in [0.25, 0.3) is 5.69 Å². The van der Waals surface area contributed by atoms with Crippen molar-refractivity contribution in [3.8, 4) is 11.4 Å². The Labute approximate surface area is 165 Å². The quantitative estimate of drug-likeness (QED) is 0.443. The zero-order chi connectivity index (χ0) is 19.1. The lowest BCUT2D eigenvalue weighted by Crippen LogP contribution is -2.27. The van der Waals surface area contributed by atoms with Gasteiger partial charge in [-0.25, -0.2) is 0 Å². The number of carbonyl (C=O) groups excluding carboxylic acids is 1. The molecule has 9 heteroatoms. The van der Waals surface area contributed by atoms with Gasteiger partial charge in [0.2, 0.25) is 11.1 Å². The Kier molecular flexibility index (Phi) is 6.72. The van der Waals surface area contributed by atoms with Crippen molar-refractivity contribution in [3.05, 3.63) is 54.1 Å². The van der Waals surface area contributed by atoms with Crippen molar-refractivity contribution >= 4 is 29.4 Å². The van der Waals surface area contributed by atoms with Gasteiger partial charge in [-0.1, -0.05) is 29.5 Å². The molecular weight excluding hydrogens is 382 g/mol. The van der Waals surface area contributed by atoms with Gasteiger partial charge in [0.05, 0.1) is 11.4 Å². The van der Waals surface area contributed by atoms with Crippen molar-refractivity contribution < 1.29 is 9.90 Å². The summed E-state index contributed by atoms with van der Waals surface area (Å²) in [7, 11) is 0. The first-order valence-electron chi connectivity index (χ1n) is 8.28. The van der Waals surface area contributed by atoms with Crippen LogP contribution in [-0.2, 0) is 4.79 Å². The molecule has 1 amide bonds. The number of tetrazole rings is 1. The lowest BCUT2D eigenvalue weighted by Gasteiger charge is -2.06. The zero-order valence-electron chi connectivity index (χ0n) is 14.7. The van der Waals surface area contributed by atoms with E-state index in [1.54, 1.807) is 36.0 Å².